The van der Waals surface area contributed by atoms with Crippen LogP contribution in [0.3, 0.4) is 0 Å². The van der Waals surface area contributed by atoms with Gasteiger partial charge in [-0.3, -0.25) is 4.79 Å². The fourth-order valence-corrected chi connectivity index (χ4v) is 1.98. The maximum Gasteiger partial charge on any atom is 0.239 e. The summed E-state index contributed by atoms with van der Waals surface area (Å²) in [6.45, 7) is 5.39. The van der Waals surface area contributed by atoms with Crippen molar-refractivity contribution in [2.24, 2.45) is 0 Å². The molecule has 3 heteroatoms. The predicted octanol–water partition coefficient (Wildman–Crippen LogP) is 1.40. The summed E-state index contributed by atoms with van der Waals surface area (Å²) in [5.41, 5.74) is 0.964. The Bertz CT molecular complexity index is 359. The second-order valence-electron chi connectivity index (χ2n) is 4.62. The van der Waals surface area contributed by atoms with Crippen molar-refractivity contribution in [3.63, 3.8) is 0 Å². The molecule has 2 rings (SSSR count). The number of rotatable bonds is 1. The molecule has 0 saturated carbocycles. The van der Waals surface area contributed by atoms with Crippen molar-refractivity contribution >= 4 is 11.6 Å². The topological polar surface area (TPSA) is 32.3 Å². The molecule has 0 aliphatic carbocycles. The van der Waals surface area contributed by atoms with Crippen LogP contribution in [0.25, 0.3) is 0 Å². The first-order chi connectivity index (χ1) is 7.07. The molecule has 0 bridgehead atoms. The molecule has 1 amide bonds. The Morgan fingerprint density at radius 1 is 1.27 bits per heavy atom. The molecule has 0 unspecified atom stereocenters. The summed E-state index contributed by atoms with van der Waals surface area (Å²) in [6, 6.07) is 10.0. The van der Waals surface area contributed by atoms with Gasteiger partial charge < -0.3 is 10.2 Å². The van der Waals surface area contributed by atoms with E-state index in [1.807, 2.05) is 44.2 Å². The highest BCUT2D eigenvalue weighted by Gasteiger charge is 2.30. The van der Waals surface area contributed by atoms with Crippen molar-refractivity contribution < 1.29 is 4.79 Å². The van der Waals surface area contributed by atoms with Gasteiger partial charge in [0.2, 0.25) is 5.91 Å². The van der Waals surface area contributed by atoms with Crippen molar-refractivity contribution in [3.8, 4) is 0 Å². The number of anilines is 1. The molecule has 1 aliphatic heterocycles. The lowest BCUT2D eigenvalue weighted by atomic mass is 10.0. The van der Waals surface area contributed by atoms with E-state index >= 15 is 0 Å². The van der Waals surface area contributed by atoms with Gasteiger partial charge in [-0.2, -0.15) is 0 Å². The predicted molar refractivity (Wildman–Crippen MR) is 60.9 cm³/mol. The molecule has 0 spiro atoms. The number of hydrogen-bond acceptors (Lipinski definition) is 2. The first-order valence-electron chi connectivity index (χ1n) is 5.18. The molecule has 0 radical (unpaired) electrons. The third-order valence-corrected chi connectivity index (χ3v) is 2.52. The zero-order valence-corrected chi connectivity index (χ0v) is 9.16. The van der Waals surface area contributed by atoms with E-state index in [1.54, 1.807) is 0 Å². The zero-order valence-electron chi connectivity index (χ0n) is 9.16. The standard InChI is InChI=1S/C12H16N2O/c1-12(2)9-14(8-11(15)13-12)10-6-4-3-5-7-10/h3-7H,8-9H2,1-2H3,(H,13,15). The summed E-state index contributed by atoms with van der Waals surface area (Å²) in [5.74, 6) is 0.0927. The molecule has 80 valence electrons. The number of para-hydroxylation sites is 1. The average molecular weight is 204 g/mol. The van der Waals surface area contributed by atoms with Crippen LogP contribution in [0.4, 0.5) is 5.69 Å². The lowest BCUT2D eigenvalue weighted by Crippen LogP contribution is -2.60. The van der Waals surface area contributed by atoms with Gasteiger partial charge in [0, 0.05) is 12.2 Å². The number of hydrogen-bond donors (Lipinski definition) is 1. The van der Waals surface area contributed by atoms with Crippen LogP contribution in [0.15, 0.2) is 30.3 Å². The third kappa shape index (κ3) is 2.29. The van der Waals surface area contributed by atoms with Crippen molar-refractivity contribution in [1.29, 1.82) is 0 Å². The van der Waals surface area contributed by atoms with Crippen LogP contribution >= 0.6 is 0 Å². The molecule has 3 nitrogen and oxygen atoms in total. The summed E-state index contributed by atoms with van der Waals surface area (Å²) < 4.78 is 0. The van der Waals surface area contributed by atoms with Crippen molar-refractivity contribution in [3.05, 3.63) is 30.3 Å². The van der Waals surface area contributed by atoms with E-state index in [1.165, 1.54) is 0 Å². The molecule has 1 saturated heterocycles. The van der Waals surface area contributed by atoms with E-state index in [4.69, 9.17) is 0 Å². The minimum absolute atomic E-state index is 0.0927. The highest BCUT2D eigenvalue weighted by atomic mass is 16.2. The molecular formula is C12H16N2O. The molecule has 1 aromatic carbocycles. The molecule has 1 aromatic rings. The van der Waals surface area contributed by atoms with Gasteiger partial charge in [-0.05, 0) is 26.0 Å². The summed E-state index contributed by atoms with van der Waals surface area (Å²) >= 11 is 0. The minimum atomic E-state index is -0.148. The number of benzene rings is 1. The van der Waals surface area contributed by atoms with E-state index < -0.39 is 0 Å². The fraction of sp³-hybridized carbons (Fsp3) is 0.417. The van der Waals surface area contributed by atoms with Gasteiger partial charge >= 0.3 is 0 Å². The Labute approximate surface area is 90.1 Å². The van der Waals surface area contributed by atoms with Crippen LogP contribution in [-0.2, 0) is 4.79 Å². The zero-order chi connectivity index (χ0) is 10.9. The van der Waals surface area contributed by atoms with Crippen molar-refractivity contribution in [2.75, 3.05) is 18.0 Å². The number of nitrogens with zero attached hydrogens (tertiary/aromatic N) is 1. The van der Waals surface area contributed by atoms with E-state index in [9.17, 15) is 4.79 Å². The van der Waals surface area contributed by atoms with Crippen LogP contribution in [0.5, 0.6) is 0 Å². The third-order valence-electron chi connectivity index (χ3n) is 2.52. The maximum atomic E-state index is 11.5. The Kier molecular flexibility index (Phi) is 2.39. The van der Waals surface area contributed by atoms with Gasteiger partial charge in [0.1, 0.15) is 0 Å². The van der Waals surface area contributed by atoms with E-state index in [0.717, 1.165) is 12.2 Å². The Morgan fingerprint density at radius 3 is 2.53 bits per heavy atom. The van der Waals surface area contributed by atoms with Gasteiger partial charge in [0.05, 0.1) is 12.1 Å². The fourth-order valence-electron chi connectivity index (χ4n) is 1.98. The molecule has 1 N–H and O–H groups in total. The maximum absolute atomic E-state index is 11.5. The number of amides is 1. The van der Waals surface area contributed by atoms with E-state index in [2.05, 4.69) is 10.2 Å². The van der Waals surface area contributed by atoms with Gasteiger partial charge in [-0.25, -0.2) is 0 Å². The Balaban J connectivity index is 2.20. The quantitative estimate of drug-likeness (QED) is 0.750. The second-order valence-corrected chi connectivity index (χ2v) is 4.62. The van der Waals surface area contributed by atoms with Crippen LogP contribution in [-0.4, -0.2) is 24.5 Å². The smallest absolute Gasteiger partial charge is 0.239 e. The Hall–Kier alpha value is -1.51. The first kappa shape index (κ1) is 10.0. The summed E-state index contributed by atoms with van der Waals surface area (Å²) in [7, 11) is 0. The number of piperazine rings is 1. The van der Waals surface area contributed by atoms with Gasteiger partial charge in [-0.15, -0.1) is 0 Å². The lowest BCUT2D eigenvalue weighted by molar-refractivity contribution is -0.122. The van der Waals surface area contributed by atoms with Gasteiger partial charge in [0.15, 0.2) is 0 Å². The lowest BCUT2D eigenvalue weighted by Gasteiger charge is -2.39. The van der Waals surface area contributed by atoms with Crippen LogP contribution in [0.1, 0.15) is 13.8 Å². The number of nitrogens with one attached hydrogen (secondary N) is 1. The monoisotopic (exact) mass is 204 g/mol. The van der Waals surface area contributed by atoms with Crippen LogP contribution in [0, 0.1) is 0 Å². The van der Waals surface area contributed by atoms with Crippen molar-refractivity contribution in [1.82, 2.24) is 5.32 Å². The van der Waals surface area contributed by atoms with E-state index in [-0.39, 0.29) is 11.4 Å². The summed E-state index contributed by atoms with van der Waals surface area (Å²) in [6.07, 6.45) is 0. The molecule has 1 heterocycles. The molecular weight excluding hydrogens is 188 g/mol. The molecule has 1 fully saturated rings. The van der Waals surface area contributed by atoms with E-state index in [0.29, 0.717) is 6.54 Å². The van der Waals surface area contributed by atoms with Crippen LogP contribution < -0.4 is 10.2 Å². The van der Waals surface area contributed by atoms with Gasteiger partial charge in [-0.1, -0.05) is 18.2 Å². The highest BCUT2D eigenvalue weighted by Crippen LogP contribution is 2.19. The van der Waals surface area contributed by atoms with Crippen LogP contribution in [0.2, 0.25) is 0 Å². The second kappa shape index (κ2) is 3.57. The van der Waals surface area contributed by atoms with Crippen molar-refractivity contribution in [2.45, 2.75) is 19.4 Å². The first-order valence-corrected chi connectivity index (χ1v) is 5.18. The molecule has 15 heavy (non-hydrogen) atoms. The molecule has 1 aliphatic rings. The average Bonchev–Trinajstić information content (AvgIpc) is 2.16. The highest BCUT2D eigenvalue weighted by molar-refractivity contribution is 5.83. The SMILES string of the molecule is CC1(C)CN(c2ccccc2)CC(=O)N1. The normalized spacial score (nSPS) is 19.9. The Morgan fingerprint density at radius 2 is 1.93 bits per heavy atom. The largest absolute Gasteiger partial charge is 0.360 e. The number of carbonyl (C=O) groups is 1. The summed E-state index contributed by atoms with van der Waals surface area (Å²) in [5, 5.41) is 2.97. The number of carbonyl (C=O) groups excluding carboxylic acids is 1. The molecule has 0 aromatic heterocycles. The minimum Gasteiger partial charge on any atom is -0.360 e. The molecule has 0 atom stereocenters. The summed E-state index contributed by atoms with van der Waals surface area (Å²) in [4.78, 5) is 13.6. The van der Waals surface area contributed by atoms with Gasteiger partial charge in [0.25, 0.3) is 0 Å².